The quantitative estimate of drug-likeness (QED) is 0.600. The van der Waals surface area contributed by atoms with E-state index in [1.54, 1.807) is 25.2 Å². The maximum Gasteiger partial charge on any atom is 0.191 e. The zero-order valence-electron chi connectivity index (χ0n) is 12.8. The number of hydrogen-bond donors (Lipinski definition) is 1. The van der Waals surface area contributed by atoms with Crippen molar-refractivity contribution in [3.05, 3.63) is 35.7 Å². The third-order valence-electron chi connectivity index (χ3n) is 3.13. The first-order valence-corrected chi connectivity index (χ1v) is 8.06. The highest BCUT2D eigenvalue weighted by Crippen LogP contribution is 2.27. The van der Waals surface area contributed by atoms with E-state index in [0.717, 1.165) is 36.2 Å². The summed E-state index contributed by atoms with van der Waals surface area (Å²) in [6, 6.07) is 6.35. The summed E-state index contributed by atoms with van der Waals surface area (Å²) < 4.78 is 7.37. The van der Waals surface area contributed by atoms with Crippen LogP contribution in [0.25, 0.3) is 0 Å². The molecular weight excluding hydrogens is 284 g/mol. The third kappa shape index (κ3) is 4.47. The highest BCUT2D eigenvalue weighted by atomic mass is 32.2. The molecule has 1 aromatic carbocycles. The second kappa shape index (κ2) is 8.05. The predicted octanol–water partition coefficient (Wildman–Crippen LogP) is 2.62. The summed E-state index contributed by atoms with van der Waals surface area (Å²) in [4.78, 5) is 0. The average molecular weight is 306 g/mol. The molecule has 2 aromatic rings. The van der Waals surface area contributed by atoms with Crippen molar-refractivity contribution in [1.82, 2.24) is 20.1 Å². The van der Waals surface area contributed by atoms with Crippen LogP contribution < -0.4 is 10.1 Å². The van der Waals surface area contributed by atoms with Crippen molar-refractivity contribution < 1.29 is 4.74 Å². The van der Waals surface area contributed by atoms with Crippen molar-refractivity contribution in [2.75, 3.05) is 13.7 Å². The van der Waals surface area contributed by atoms with E-state index in [9.17, 15) is 0 Å². The molecule has 0 radical (unpaired) electrons. The molecule has 6 heteroatoms. The molecule has 0 spiro atoms. The van der Waals surface area contributed by atoms with Gasteiger partial charge in [-0.1, -0.05) is 24.8 Å². The van der Waals surface area contributed by atoms with Crippen LogP contribution in [0.5, 0.6) is 5.75 Å². The van der Waals surface area contributed by atoms with Crippen LogP contribution in [-0.2, 0) is 19.3 Å². The van der Waals surface area contributed by atoms with Gasteiger partial charge in [-0.3, -0.25) is 0 Å². The molecule has 21 heavy (non-hydrogen) atoms. The number of methoxy groups -OCH3 is 1. The lowest BCUT2D eigenvalue weighted by Gasteiger charge is -2.11. The second-order valence-corrected chi connectivity index (χ2v) is 5.78. The lowest BCUT2D eigenvalue weighted by molar-refractivity contribution is 0.411. The molecule has 0 saturated carbocycles. The van der Waals surface area contributed by atoms with E-state index in [1.807, 2.05) is 17.7 Å². The summed E-state index contributed by atoms with van der Waals surface area (Å²) >= 11 is 1.66. The molecule has 1 heterocycles. The van der Waals surface area contributed by atoms with Crippen LogP contribution in [0.15, 0.2) is 29.7 Å². The van der Waals surface area contributed by atoms with E-state index >= 15 is 0 Å². The van der Waals surface area contributed by atoms with Crippen LogP contribution in [0.1, 0.15) is 24.5 Å². The van der Waals surface area contributed by atoms with Gasteiger partial charge in [0.25, 0.3) is 0 Å². The molecule has 0 saturated heterocycles. The Morgan fingerprint density at radius 2 is 2.24 bits per heavy atom. The van der Waals surface area contributed by atoms with Crippen molar-refractivity contribution in [2.45, 2.75) is 30.8 Å². The first kappa shape index (κ1) is 15.9. The zero-order chi connectivity index (χ0) is 15.1. The summed E-state index contributed by atoms with van der Waals surface area (Å²) in [5.74, 6) is 1.74. The van der Waals surface area contributed by atoms with E-state index in [-0.39, 0.29) is 0 Å². The number of ether oxygens (including phenoxy) is 1. The normalized spacial score (nSPS) is 10.8. The van der Waals surface area contributed by atoms with E-state index in [1.165, 1.54) is 11.1 Å². The Labute approximate surface area is 130 Å². The second-order valence-electron chi connectivity index (χ2n) is 4.84. The van der Waals surface area contributed by atoms with E-state index in [0.29, 0.717) is 0 Å². The summed E-state index contributed by atoms with van der Waals surface area (Å²) in [6.07, 6.45) is 2.86. The maximum absolute atomic E-state index is 5.45. The lowest BCUT2D eigenvalue weighted by Crippen LogP contribution is -2.13. The molecule has 0 unspecified atom stereocenters. The van der Waals surface area contributed by atoms with Crippen molar-refractivity contribution in [3.63, 3.8) is 0 Å². The van der Waals surface area contributed by atoms with Gasteiger partial charge in [0.1, 0.15) is 12.1 Å². The van der Waals surface area contributed by atoms with Gasteiger partial charge in [0.05, 0.1) is 7.11 Å². The molecule has 0 aliphatic rings. The number of aromatic nitrogens is 3. The number of thioether (sulfide) groups is 1. The number of nitrogens with zero attached hydrogens (tertiary/aromatic N) is 3. The average Bonchev–Trinajstić information content (AvgIpc) is 2.91. The fourth-order valence-electron chi connectivity index (χ4n) is 2.01. The molecule has 0 bridgehead atoms. The zero-order valence-corrected chi connectivity index (χ0v) is 13.6. The number of rotatable bonds is 8. The van der Waals surface area contributed by atoms with Crippen molar-refractivity contribution in [1.29, 1.82) is 0 Å². The van der Waals surface area contributed by atoms with Gasteiger partial charge in [-0.05, 0) is 30.7 Å². The van der Waals surface area contributed by atoms with Crippen LogP contribution in [0.3, 0.4) is 0 Å². The lowest BCUT2D eigenvalue weighted by atomic mass is 10.1. The van der Waals surface area contributed by atoms with Gasteiger partial charge >= 0.3 is 0 Å². The minimum absolute atomic E-state index is 0.817. The standard InChI is InChI=1S/C15H22N4OS/c1-4-7-16-9-12-5-6-14(20-3)13(8-12)10-21-15-18-17-11-19(15)2/h5-6,8,11,16H,4,7,9-10H2,1-3H3. The highest BCUT2D eigenvalue weighted by molar-refractivity contribution is 7.98. The van der Waals surface area contributed by atoms with Crippen LogP contribution in [0, 0.1) is 0 Å². The van der Waals surface area contributed by atoms with Gasteiger partial charge in [0, 0.05) is 24.9 Å². The highest BCUT2D eigenvalue weighted by Gasteiger charge is 2.08. The van der Waals surface area contributed by atoms with Crippen molar-refractivity contribution >= 4 is 11.8 Å². The van der Waals surface area contributed by atoms with Crippen LogP contribution >= 0.6 is 11.8 Å². The molecular formula is C15H22N4OS. The summed E-state index contributed by atoms with van der Waals surface area (Å²) in [5.41, 5.74) is 2.46. The third-order valence-corrected chi connectivity index (χ3v) is 4.21. The van der Waals surface area contributed by atoms with Crippen molar-refractivity contribution in [3.8, 4) is 5.75 Å². The van der Waals surface area contributed by atoms with Gasteiger partial charge in [-0.25, -0.2) is 0 Å². The molecule has 0 aliphatic heterocycles. The Kier molecular flexibility index (Phi) is 6.07. The topological polar surface area (TPSA) is 52.0 Å². The minimum Gasteiger partial charge on any atom is -0.496 e. The maximum atomic E-state index is 5.45. The van der Waals surface area contributed by atoms with Crippen LogP contribution in [0.2, 0.25) is 0 Å². The Morgan fingerprint density at radius 1 is 1.38 bits per heavy atom. The largest absolute Gasteiger partial charge is 0.496 e. The first-order valence-electron chi connectivity index (χ1n) is 7.08. The van der Waals surface area contributed by atoms with Crippen LogP contribution in [-0.4, -0.2) is 28.4 Å². The Balaban J connectivity index is 2.05. The minimum atomic E-state index is 0.817. The number of aryl methyl sites for hydroxylation is 1. The Hall–Kier alpha value is -1.53. The molecule has 1 N–H and O–H groups in total. The van der Waals surface area contributed by atoms with Crippen LogP contribution in [0.4, 0.5) is 0 Å². The van der Waals surface area contributed by atoms with E-state index in [4.69, 9.17) is 4.74 Å². The fourth-order valence-corrected chi connectivity index (χ4v) is 2.88. The van der Waals surface area contributed by atoms with Gasteiger partial charge in [0.2, 0.25) is 0 Å². The van der Waals surface area contributed by atoms with E-state index in [2.05, 4.69) is 34.6 Å². The monoisotopic (exact) mass is 306 g/mol. The molecule has 5 nitrogen and oxygen atoms in total. The smallest absolute Gasteiger partial charge is 0.191 e. The molecule has 114 valence electrons. The molecule has 0 atom stereocenters. The molecule has 0 amide bonds. The summed E-state index contributed by atoms with van der Waals surface area (Å²) in [7, 11) is 3.66. The van der Waals surface area contributed by atoms with Gasteiger partial charge in [-0.2, -0.15) is 0 Å². The predicted molar refractivity (Wildman–Crippen MR) is 85.6 cm³/mol. The number of benzene rings is 1. The SMILES string of the molecule is CCCNCc1ccc(OC)c(CSc2nncn2C)c1. The summed E-state index contributed by atoms with van der Waals surface area (Å²) in [6.45, 7) is 4.10. The first-order chi connectivity index (χ1) is 10.2. The molecule has 0 fully saturated rings. The number of nitrogens with one attached hydrogen (secondary N) is 1. The summed E-state index contributed by atoms with van der Waals surface area (Å²) in [5, 5.41) is 12.3. The van der Waals surface area contributed by atoms with Gasteiger partial charge in [0.15, 0.2) is 5.16 Å². The number of hydrogen-bond acceptors (Lipinski definition) is 5. The van der Waals surface area contributed by atoms with E-state index < -0.39 is 0 Å². The Morgan fingerprint density at radius 3 is 2.90 bits per heavy atom. The molecule has 0 aliphatic carbocycles. The van der Waals surface area contributed by atoms with Gasteiger partial charge < -0.3 is 14.6 Å². The molecule has 2 rings (SSSR count). The van der Waals surface area contributed by atoms with Crippen molar-refractivity contribution in [2.24, 2.45) is 7.05 Å². The van der Waals surface area contributed by atoms with Gasteiger partial charge in [-0.15, -0.1) is 10.2 Å². The fraction of sp³-hybridized carbons (Fsp3) is 0.467. The molecule has 1 aromatic heterocycles. The Bertz CT molecular complexity index is 571.